The number of hydrogen-bond acceptors (Lipinski definition) is 9. The number of methoxy groups -OCH3 is 1. The highest BCUT2D eigenvalue weighted by Crippen LogP contribution is 2.63. The van der Waals surface area contributed by atoms with Crippen LogP contribution in [0.2, 0.25) is 0 Å². The van der Waals surface area contributed by atoms with Crippen molar-refractivity contribution in [2.24, 2.45) is 10.8 Å². The lowest BCUT2D eigenvalue weighted by atomic mass is 9.47. The molecule has 1 fully saturated rings. The quantitative estimate of drug-likeness (QED) is 0.327. The Labute approximate surface area is 230 Å². The Morgan fingerprint density at radius 2 is 1.73 bits per heavy atom. The Morgan fingerprint density at radius 3 is 2.33 bits per heavy atom. The lowest BCUT2D eigenvalue weighted by Gasteiger charge is -2.56. The van der Waals surface area contributed by atoms with Crippen LogP contribution in [-0.2, 0) is 20.8 Å². The molecule has 4 N–H and O–H groups in total. The summed E-state index contributed by atoms with van der Waals surface area (Å²) in [5.41, 5.74) is -3.77. The first-order valence-electron chi connectivity index (χ1n) is 12.8. The number of aliphatic hydroxyl groups excluding tert-OH is 2. The SMILES string of the molecule is COc1ccc(C=O)cc1-c1cc(C)c(O)c2c1C[C@@]1(C)C[C@@]3(C)CC(=O)C(C(C)=O)=C(O)[C@@]3(O)C(=O)C1=C2O. The second kappa shape index (κ2) is 8.63. The second-order valence-electron chi connectivity index (χ2n) is 11.6. The molecule has 0 amide bonds. The molecule has 0 bridgehead atoms. The van der Waals surface area contributed by atoms with Crippen molar-refractivity contribution in [3.05, 3.63) is 63.4 Å². The fraction of sp³-hybridized carbons (Fsp3) is 0.355. The van der Waals surface area contributed by atoms with E-state index in [0.717, 1.165) is 6.92 Å². The first-order chi connectivity index (χ1) is 18.6. The normalized spacial score (nSPS) is 27.6. The van der Waals surface area contributed by atoms with Crippen molar-refractivity contribution in [2.75, 3.05) is 7.11 Å². The van der Waals surface area contributed by atoms with Gasteiger partial charge in [0.2, 0.25) is 5.78 Å². The molecule has 208 valence electrons. The van der Waals surface area contributed by atoms with Crippen molar-refractivity contribution < 1.29 is 44.3 Å². The van der Waals surface area contributed by atoms with E-state index in [0.29, 0.717) is 39.9 Å². The lowest BCUT2D eigenvalue weighted by Crippen LogP contribution is -2.65. The van der Waals surface area contributed by atoms with E-state index in [2.05, 4.69) is 0 Å². The van der Waals surface area contributed by atoms with Gasteiger partial charge in [-0.3, -0.25) is 19.2 Å². The van der Waals surface area contributed by atoms with Crippen molar-refractivity contribution in [3.63, 3.8) is 0 Å². The molecule has 0 heterocycles. The molecule has 2 aromatic carbocycles. The summed E-state index contributed by atoms with van der Waals surface area (Å²) in [5, 5.41) is 45.6. The van der Waals surface area contributed by atoms with Crippen molar-refractivity contribution in [2.45, 2.75) is 52.6 Å². The Bertz CT molecular complexity index is 1630. The number of allylic oxidation sites excluding steroid dienone is 1. The number of hydrogen-bond donors (Lipinski definition) is 4. The summed E-state index contributed by atoms with van der Waals surface area (Å²) in [6.45, 7) is 5.91. The van der Waals surface area contributed by atoms with E-state index in [1.54, 1.807) is 38.1 Å². The molecule has 3 aliphatic carbocycles. The van der Waals surface area contributed by atoms with Gasteiger partial charge >= 0.3 is 0 Å². The van der Waals surface area contributed by atoms with Crippen LogP contribution in [0.5, 0.6) is 11.5 Å². The van der Waals surface area contributed by atoms with Crippen LogP contribution in [0.1, 0.15) is 60.7 Å². The first-order valence-corrected chi connectivity index (χ1v) is 12.8. The van der Waals surface area contributed by atoms with Crippen LogP contribution in [0.15, 0.2) is 41.2 Å². The Balaban J connectivity index is 1.83. The molecule has 0 aromatic heterocycles. The minimum Gasteiger partial charge on any atom is -0.508 e. The molecule has 9 heteroatoms. The maximum atomic E-state index is 14.1. The van der Waals surface area contributed by atoms with Crippen molar-refractivity contribution in [1.82, 2.24) is 0 Å². The molecule has 2 aromatic rings. The zero-order chi connectivity index (χ0) is 29.5. The van der Waals surface area contributed by atoms with E-state index in [9.17, 15) is 39.6 Å². The third-order valence-corrected chi connectivity index (χ3v) is 8.86. The Hall–Kier alpha value is -4.24. The van der Waals surface area contributed by atoms with Gasteiger partial charge in [-0.25, -0.2) is 0 Å². The highest BCUT2D eigenvalue weighted by atomic mass is 16.5. The zero-order valence-electron chi connectivity index (χ0n) is 22.8. The number of carbonyl (C=O) groups is 4. The fourth-order valence-electron chi connectivity index (χ4n) is 7.10. The summed E-state index contributed by atoms with van der Waals surface area (Å²) in [7, 11) is 1.48. The fourth-order valence-corrected chi connectivity index (χ4v) is 7.10. The summed E-state index contributed by atoms with van der Waals surface area (Å²) in [5.74, 6) is -3.89. The van der Waals surface area contributed by atoms with Gasteiger partial charge in [-0.1, -0.05) is 13.8 Å². The number of aliphatic hydroxyl groups is 3. The number of benzene rings is 2. The topological polar surface area (TPSA) is 158 Å². The molecule has 1 saturated carbocycles. The Morgan fingerprint density at radius 1 is 1.05 bits per heavy atom. The van der Waals surface area contributed by atoms with E-state index in [4.69, 9.17) is 4.74 Å². The van der Waals surface area contributed by atoms with Crippen LogP contribution >= 0.6 is 0 Å². The van der Waals surface area contributed by atoms with Gasteiger partial charge in [0.25, 0.3) is 0 Å². The van der Waals surface area contributed by atoms with Gasteiger partial charge in [0.15, 0.2) is 17.2 Å². The van der Waals surface area contributed by atoms with Gasteiger partial charge in [0, 0.05) is 34.0 Å². The number of fused-ring (bicyclic) bond motifs is 3. The lowest BCUT2D eigenvalue weighted by molar-refractivity contribution is -0.164. The summed E-state index contributed by atoms with van der Waals surface area (Å²) in [6.07, 6.45) is 0.416. The average Bonchev–Trinajstić information content (AvgIpc) is 2.87. The summed E-state index contributed by atoms with van der Waals surface area (Å²) in [6, 6.07) is 6.58. The molecule has 3 atom stereocenters. The van der Waals surface area contributed by atoms with E-state index in [-0.39, 0.29) is 36.1 Å². The van der Waals surface area contributed by atoms with Gasteiger partial charge in [-0.2, -0.15) is 0 Å². The second-order valence-corrected chi connectivity index (χ2v) is 11.6. The van der Waals surface area contributed by atoms with Crippen LogP contribution < -0.4 is 4.74 Å². The highest BCUT2D eigenvalue weighted by Gasteiger charge is 2.68. The molecule has 0 radical (unpaired) electrons. The van der Waals surface area contributed by atoms with E-state index >= 15 is 0 Å². The minimum atomic E-state index is -2.63. The maximum Gasteiger partial charge on any atom is 0.203 e. The number of aryl methyl sites for hydroxylation is 1. The third kappa shape index (κ3) is 3.37. The number of carbonyl (C=O) groups excluding carboxylic acids is 4. The van der Waals surface area contributed by atoms with E-state index in [1.165, 1.54) is 14.0 Å². The first kappa shape index (κ1) is 27.3. The molecule has 0 unspecified atom stereocenters. The number of rotatable bonds is 4. The third-order valence-electron chi connectivity index (χ3n) is 8.86. The largest absolute Gasteiger partial charge is 0.508 e. The number of Topliss-reactive ketones (excluding diaryl/α,β-unsaturated/α-hetero) is 3. The smallest absolute Gasteiger partial charge is 0.203 e. The maximum absolute atomic E-state index is 14.1. The van der Waals surface area contributed by atoms with Crippen molar-refractivity contribution in [3.8, 4) is 22.6 Å². The summed E-state index contributed by atoms with van der Waals surface area (Å²) < 4.78 is 5.55. The monoisotopic (exact) mass is 546 g/mol. The number of aldehydes is 1. The van der Waals surface area contributed by atoms with Crippen LogP contribution in [-0.4, -0.2) is 56.8 Å². The van der Waals surface area contributed by atoms with E-state index < -0.39 is 50.9 Å². The van der Waals surface area contributed by atoms with E-state index in [1.807, 2.05) is 0 Å². The van der Waals surface area contributed by atoms with Crippen molar-refractivity contribution in [1.29, 1.82) is 0 Å². The predicted molar refractivity (Wildman–Crippen MR) is 144 cm³/mol. The number of phenols is 1. The zero-order valence-corrected chi connectivity index (χ0v) is 22.8. The van der Waals surface area contributed by atoms with Gasteiger partial charge in [0.1, 0.15) is 34.9 Å². The molecule has 5 rings (SSSR count). The van der Waals surface area contributed by atoms with Crippen LogP contribution in [0.3, 0.4) is 0 Å². The van der Waals surface area contributed by atoms with Gasteiger partial charge in [-0.05, 0) is 67.6 Å². The van der Waals surface area contributed by atoms with Crippen LogP contribution in [0.4, 0.5) is 0 Å². The number of ether oxygens (including phenoxy) is 1. The van der Waals surface area contributed by atoms with Crippen LogP contribution in [0.25, 0.3) is 16.9 Å². The van der Waals surface area contributed by atoms with Gasteiger partial charge in [0.05, 0.1) is 12.7 Å². The number of ketones is 3. The molecule has 0 spiro atoms. The minimum absolute atomic E-state index is 0.0104. The number of aromatic hydroxyl groups is 1. The summed E-state index contributed by atoms with van der Waals surface area (Å²) in [4.78, 5) is 50.8. The molecule has 0 aliphatic heterocycles. The highest BCUT2D eigenvalue weighted by molar-refractivity contribution is 6.23. The van der Waals surface area contributed by atoms with Gasteiger partial charge in [-0.15, -0.1) is 0 Å². The Kier molecular flexibility index (Phi) is 5.90. The molecule has 3 aliphatic rings. The molecule has 9 nitrogen and oxygen atoms in total. The van der Waals surface area contributed by atoms with Crippen LogP contribution in [0, 0.1) is 17.8 Å². The van der Waals surface area contributed by atoms with Crippen molar-refractivity contribution >= 4 is 29.4 Å². The average molecular weight is 547 g/mol. The molecule has 0 saturated heterocycles. The predicted octanol–water partition coefficient (Wildman–Crippen LogP) is 4.10. The number of phenolic OH excluding ortho intramolecular Hbond substituents is 1. The summed E-state index contributed by atoms with van der Waals surface area (Å²) >= 11 is 0. The molecular formula is C31H30O9. The molecular weight excluding hydrogens is 516 g/mol. The van der Waals surface area contributed by atoms with Gasteiger partial charge < -0.3 is 25.2 Å². The molecule has 40 heavy (non-hydrogen) atoms. The standard InChI is InChI=1S/C31H30O9/c1-14-8-17(18-9-16(12-32)6-7-21(18)40-5)19-10-29(3)13-30(4)11-20(34)22(15(2)33)27(37)31(30,39)28(38)24(29)26(36)23(19)25(14)35/h6-9,12,35-37,39H,10-11,13H2,1-5H3/t29-,30+,31+/m0/s1.